The Labute approximate surface area is 151 Å². The summed E-state index contributed by atoms with van der Waals surface area (Å²) in [7, 11) is 1.94. The van der Waals surface area contributed by atoms with Gasteiger partial charge in [-0.25, -0.2) is 0 Å². The summed E-state index contributed by atoms with van der Waals surface area (Å²) in [5, 5.41) is 13.4. The van der Waals surface area contributed by atoms with E-state index in [2.05, 4.69) is 45.3 Å². The molecule has 1 aromatic carbocycles. The molecule has 132 valence electrons. The Morgan fingerprint density at radius 2 is 2.04 bits per heavy atom. The second kappa shape index (κ2) is 7.31. The van der Waals surface area contributed by atoms with Crippen LogP contribution in [0.4, 0.5) is 0 Å². The normalized spacial score (nSPS) is 11.4. The first-order chi connectivity index (χ1) is 12.0. The van der Waals surface area contributed by atoms with Gasteiger partial charge in [0, 0.05) is 42.3 Å². The number of carbonyl (C=O) groups excluding carboxylic acids is 1. The summed E-state index contributed by atoms with van der Waals surface area (Å²) in [5.74, 6) is 1.16. The maximum atomic E-state index is 11.8. The van der Waals surface area contributed by atoms with E-state index in [-0.39, 0.29) is 11.9 Å². The smallest absolute Gasteiger partial charge is 0.230 e. The number of rotatable bonds is 6. The molecule has 2 aromatic heterocycles. The van der Waals surface area contributed by atoms with Gasteiger partial charge in [-0.2, -0.15) is 0 Å². The molecule has 3 aromatic rings. The van der Waals surface area contributed by atoms with Crippen molar-refractivity contribution in [3.8, 4) is 11.4 Å². The molecule has 0 aliphatic heterocycles. The highest BCUT2D eigenvalue weighted by molar-refractivity contribution is 7.99. The van der Waals surface area contributed by atoms with Crippen molar-refractivity contribution in [1.29, 1.82) is 0 Å². The minimum absolute atomic E-state index is 0.00661. The van der Waals surface area contributed by atoms with Crippen LogP contribution < -0.4 is 5.32 Å². The fraction of sp³-hybridized carbons (Fsp3) is 0.389. The largest absolute Gasteiger partial charge is 0.353 e. The quantitative estimate of drug-likeness (QED) is 0.689. The van der Waals surface area contributed by atoms with Crippen molar-refractivity contribution < 1.29 is 4.79 Å². The second-order valence-electron chi connectivity index (χ2n) is 6.22. The number of carbonyl (C=O) groups is 1. The van der Waals surface area contributed by atoms with Crippen molar-refractivity contribution in [2.75, 3.05) is 5.75 Å². The minimum atomic E-state index is 0.00661. The number of nitrogens with one attached hydrogen (secondary N) is 1. The lowest BCUT2D eigenvalue weighted by atomic mass is 10.1. The van der Waals surface area contributed by atoms with Crippen LogP contribution >= 0.6 is 11.8 Å². The Bertz CT molecular complexity index is 896. The fourth-order valence-corrected chi connectivity index (χ4v) is 3.58. The van der Waals surface area contributed by atoms with Gasteiger partial charge >= 0.3 is 0 Å². The Morgan fingerprint density at radius 1 is 1.28 bits per heavy atom. The van der Waals surface area contributed by atoms with Crippen molar-refractivity contribution >= 4 is 28.6 Å². The number of amides is 1. The Hall–Kier alpha value is -2.28. The number of thioether (sulfide) groups is 1. The lowest BCUT2D eigenvalue weighted by Crippen LogP contribution is -2.31. The zero-order valence-corrected chi connectivity index (χ0v) is 15.8. The summed E-state index contributed by atoms with van der Waals surface area (Å²) in [6, 6.07) is 8.44. The Kier molecular flexibility index (Phi) is 5.13. The molecule has 6 nitrogen and oxygen atoms in total. The summed E-state index contributed by atoms with van der Waals surface area (Å²) in [5.41, 5.74) is 2.25. The number of aryl methyl sites for hydroxylation is 1. The van der Waals surface area contributed by atoms with Gasteiger partial charge in [-0.05, 0) is 26.8 Å². The van der Waals surface area contributed by atoms with Crippen molar-refractivity contribution in [2.45, 2.75) is 38.5 Å². The molecule has 1 N–H and O–H groups in total. The highest BCUT2D eigenvalue weighted by atomic mass is 32.2. The molecule has 0 saturated heterocycles. The zero-order valence-electron chi connectivity index (χ0n) is 15.0. The van der Waals surface area contributed by atoms with Crippen LogP contribution in [0.25, 0.3) is 22.3 Å². The van der Waals surface area contributed by atoms with Crippen LogP contribution in [0.1, 0.15) is 20.8 Å². The SMILES string of the molecule is CCn1cc(-c2nnc(SCC(=O)NC(C)C)n2C)c2ccccc21. The van der Waals surface area contributed by atoms with E-state index in [0.29, 0.717) is 5.75 Å². The van der Waals surface area contributed by atoms with Crippen molar-refractivity contribution in [1.82, 2.24) is 24.6 Å². The third kappa shape index (κ3) is 3.56. The van der Waals surface area contributed by atoms with Gasteiger partial charge in [0.05, 0.1) is 5.75 Å². The number of aromatic nitrogens is 4. The molecule has 0 spiro atoms. The molecule has 0 aliphatic carbocycles. The van der Waals surface area contributed by atoms with E-state index in [4.69, 9.17) is 0 Å². The lowest BCUT2D eigenvalue weighted by molar-refractivity contribution is -0.119. The van der Waals surface area contributed by atoms with Gasteiger partial charge in [0.25, 0.3) is 0 Å². The highest BCUT2D eigenvalue weighted by Crippen LogP contribution is 2.31. The molecule has 25 heavy (non-hydrogen) atoms. The molecule has 0 atom stereocenters. The van der Waals surface area contributed by atoms with Crippen molar-refractivity contribution in [3.05, 3.63) is 30.5 Å². The van der Waals surface area contributed by atoms with E-state index < -0.39 is 0 Å². The van der Waals surface area contributed by atoms with Gasteiger partial charge in [0.2, 0.25) is 5.91 Å². The molecule has 0 saturated carbocycles. The maximum absolute atomic E-state index is 11.8. The predicted octanol–water partition coefficient (Wildman–Crippen LogP) is 3.07. The zero-order chi connectivity index (χ0) is 18.0. The number of para-hydroxylation sites is 1. The fourth-order valence-electron chi connectivity index (χ4n) is 2.86. The predicted molar refractivity (Wildman–Crippen MR) is 102 cm³/mol. The molecule has 7 heteroatoms. The third-order valence-electron chi connectivity index (χ3n) is 3.99. The summed E-state index contributed by atoms with van der Waals surface area (Å²) in [6.45, 7) is 6.93. The van der Waals surface area contributed by atoms with E-state index in [9.17, 15) is 4.79 Å². The maximum Gasteiger partial charge on any atom is 0.230 e. The minimum Gasteiger partial charge on any atom is -0.353 e. The molecular weight excluding hydrogens is 334 g/mol. The van der Waals surface area contributed by atoms with E-state index in [1.165, 1.54) is 17.3 Å². The van der Waals surface area contributed by atoms with E-state index in [1.807, 2.05) is 37.6 Å². The van der Waals surface area contributed by atoms with Gasteiger partial charge in [0.15, 0.2) is 11.0 Å². The van der Waals surface area contributed by atoms with Gasteiger partial charge in [-0.3, -0.25) is 4.79 Å². The first-order valence-corrected chi connectivity index (χ1v) is 9.39. The molecule has 0 bridgehead atoms. The molecule has 1 amide bonds. The second-order valence-corrected chi connectivity index (χ2v) is 7.16. The Balaban J connectivity index is 1.88. The number of hydrogen-bond donors (Lipinski definition) is 1. The summed E-state index contributed by atoms with van der Waals surface area (Å²) < 4.78 is 4.16. The monoisotopic (exact) mass is 357 g/mol. The topological polar surface area (TPSA) is 64.7 Å². The molecule has 2 heterocycles. The molecule has 0 fully saturated rings. The summed E-state index contributed by atoms with van der Waals surface area (Å²) >= 11 is 1.40. The number of hydrogen-bond acceptors (Lipinski definition) is 4. The van der Waals surface area contributed by atoms with Gasteiger partial charge in [0.1, 0.15) is 0 Å². The molecular formula is C18H23N5OS. The van der Waals surface area contributed by atoms with Crippen LogP contribution in [0, 0.1) is 0 Å². The molecule has 3 rings (SSSR count). The van der Waals surface area contributed by atoms with Crippen LogP contribution in [0.2, 0.25) is 0 Å². The van der Waals surface area contributed by atoms with E-state index in [0.717, 1.165) is 28.5 Å². The Morgan fingerprint density at radius 3 is 2.76 bits per heavy atom. The average Bonchev–Trinajstić information content (AvgIpc) is 3.13. The van der Waals surface area contributed by atoms with Crippen LogP contribution in [-0.4, -0.2) is 37.0 Å². The number of fused-ring (bicyclic) bond motifs is 1. The van der Waals surface area contributed by atoms with Gasteiger partial charge < -0.3 is 14.5 Å². The van der Waals surface area contributed by atoms with Crippen LogP contribution in [0.3, 0.4) is 0 Å². The summed E-state index contributed by atoms with van der Waals surface area (Å²) in [6.07, 6.45) is 2.12. The summed E-state index contributed by atoms with van der Waals surface area (Å²) in [4.78, 5) is 11.8. The van der Waals surface area contributed by atoms with Crippen LogP contribution in [0.15, 0.2) is 35.6 Å². The highest BCUT2D eigenvalue weighted by Gasteiger charge is 2.17. The van der Waals surface area contributed by atoms with Gasteiger partial charge in [-0.15, -0.1) is 10.2 Å². The van der Waals surface area contributed by atoms with Gasteiger partial charge in [-0.1, -0.05) is 30.0 Å². The molecule has 0 unspecified atom stereocenters. The van der Waals surface area contributed by atoms with Crippen LogP contribution in [-0.2, 0) is 18.4 Å². The lowest BCUT2D eigenvalue weighted by Gasteiger charge is -2.07. The third-order valence-corrected chi connectivity index (χ3v) is 5.01. The molecule has 0 aliphatic rings. The standard InChI is InChI=1S/C18H23N5OS/c1-5-23-10-14(13-8-6-7-9-15(13)23)17-20-21-18(22(17)4)25-11-16(24)19-12(2)3/h6-10,12H,5,11H2,1-4H3,(H,19,24). The molecule has 0 radical (unpaired) electrons. The van der Waals surface area contributed by atoms with Crippen molar-refractivity contribution in [3.63, 3.8) is 0 Å². The van der Waals surface area contributed by atoms with E-state index >= 15 is 0 Å². The average molecular weight is 357 g/mol. The van der Waals surface area contributed by atoms with Crippen molar-refractivity contribution in [2.24, 2.45) is 7.05 Å². The number of nitrogens with zero attached hydrogens (tertiary/aromatic N) is 4. The van der Waals surface area contributed by atoms with Crippen LogP contribution in [0.5, 0.6) is 0 Å². The van der Waals surface area contributed by atoms with E-state index in [1.54, 1.807) is 0 Å². The first kappa shape index (κ1) is 17.5. The number of benzene rings is 1. The first-order valence-electron chi connectivity index (χ1n) is 8.41.